The summed E-state index contributed by atoms with van der Waals surface area (Å²) in [7, 11) is 1.60. The lowest BCUT2D eigenvalue weighted by Crippen LogP contribution is -2.30. The molecule has 0 aliphatic rings. The zero-order chi connectivity index (χ0) is 13.8. The van der Waals surface area contributed by atoms with Gasteiger partial charge in [-0.1, -0.05) is 6.07 Å². The Kier molecular flexibility index (Phi) is 4.01. The molecular weight excluding hydrogens is 244 g/mol. The van der Waals surface area contributed by atoms with Gasteiger partial charge in [0.2, 0.25) is 5.91 Å². The third-order valence-electron chi connectivity index (χ3n) is 2.93. The number of nitrogens with zero attached hydrogens (tertiary/aromatic N) is 2. The van der Waals surface area contributed by atoms with Gasteiger partial charge in [-0.25, -0.2) is 4.98 Å². The summed E-state index contributed by atoms with van der Waals surface area (Å²) in [6.45, 7) is 3.10. The number of amides is 1. The van der Waals surface area contributed by atoms with Crippen molar-refractivity contribution in [2.45, 2.75) is 13.5 Å². The van der Waals surface area contributed by atoms with E-state index in [1.165, 1.54) is 0 Å². The van der Waals surface area contributed by atoms with E-state index in [0.29, 0.717) is 18.8 Å². The number of anilines is 1. The van der Waals surface area contributed by atoms with Crippen LogP contribution in [-0.4, -0.2) is 35.7 Å². The maximum Gasteiger partial charge on any atom is 0.240 e. The normalized spacial score (nSPS) is 10.8. The van der Waals surface area contributed by atoms with Crippen molar-refractivity contribution in [1.82, 2.24) is 14.9 Å². The average molecular weight is 262 g/mol. The smallest absolute Gasteiger partial charge is 0.240 e. The molecule has 2 rings (SSSR count). The molecule has 1 aromatic carbocycles. The number of imidazole rings is 1. The molecule has 2 aromatic rings. The molecule has 0 bridgehead atoms. The van der Waals surface area contributed by atoms with E-state index in [2.05, 4.69) is 10.3 Å². The number of nitrogens with two attached hydrogens (primary N) is 1. The van der Waals surface area contributed by atoms with E-state index < -0.39 is 0 Å². The maximum atomic E-state index is 11.8. The molecule has 1 aromatic heterocycles. The fourth-order valence-electron chi connectivity index (χ4n) is 1.98. The molecule has 0 unspecified atom stereocenters. The van der Waals surface area contributed by atoms with Crippen LogP contribution in [-0.2, 0) is 16.1 Å². The molecule has 0 fully saturated rings. The van der Waals surface area contributed by atoms with Gasteiger partial charge in [-0.05, 0) is 19.1 Å². The first-order valence-electron chi connectivity index (χ1n) is 6.10. The molecule has 102 valence electrons. The van der Waals surface area contributed by atoms with Crippen molar-refractivity contribution < 1.29 is 9.53 Å². The molecule has 19 heavy (non-hydrogen) atoms. The number of hydrogen-bond donors (Lipinski definition) is 2. The van der Waals surface area contributed by atoms with Gasteiger partial charge in [0.15, 0.2) is 0 Å². The van der Waals surface area contributed by atoms with Crippen LogP contribution in [0.3, 0.4) is 0 Å². The number of rotatable bonds is 5. The van der Waals surface area contributed by atoms with Crippen molar-refractivity contribution in [3.63, 3.8) is 0 Å². The van der Waals surface area contributed by atoms with Crippen molar-refractivity contribution in [3.05, 3.63) is 24.0 Å². The molecular formula is C13H18N4O2. The highest BCUT2D eigenvalue weighted by Gasteiger charge is 2.12. The second-order valence-corrected chi connectivity index (χ2v) is 4.30. The van der Waals surface area contributed by atoms with Crippen molar-refractivity contribution >= 4 is 22.6 Å². The van der Waals surface area contributed by atoms with Crippen LogP contribution in [0.1, 0.15) is 5.82 Å². The van der Waals surface area contributed by atoms with E-state index in [0.717, 1.165) is 16.9 Å². The molecule has 1 heterocycles. The lowest BCUT2D eigenvalue weighted by atomic mass is 10.3. The zero-order valence-corrected chi connectivity index (χ0v) is 11.1. The minimum Gasteiger partial charge on any atom is -0.397 e. The number of hydrogen-bond acceptors (Lipinski definition) is 4. The monoisotopic (exact) mass is 262 g/mol. The quantitative estimate of drug-likeness (QED) is 0.613. The Balaban J connectivity index is 2.18. The lowest BCUT2D eigenvalue weighted by molar-refractivity contribution is -0.121. The molecule has 6 nitrogen and oxygen atoms in total. The molecule has 0 saturated heterocycles. The number of fused-ring (bicyclic) bond motifs is 1. The van der Waals surface area contributed by atoms with Gasteiger partial charge < -0.3 is 20.4 Å². The number of para-hydroxylation sites is 1. The van der Waals surface area contributed by atoms with Gasteiger partial charge in [-0.3, -0.25) is 4.79 Å². The molecule has 0 aliphatic carbocycles. The number of carbonyl (C=O) groups excluding carboxylic acids is 1. The number of ether oxygens (including phenoxy) is 1. The van der Waals surface area contributed by atoms with Crippen LogP contribution in [0.15, 0.2) is 18.2 Å². The van der Waals surface area contributed by atoms with Crippen molar-refractivity contribution in [1.29, 1.82) is 0 Å². The highest BCUT2D eigenvalue weighted by Crippen LogP contribution is 2.21. The Morgan fingerprint density at radius 3 is 3.05 bits per heavy atom. The van der Waals surface area contributed by atoms with Crippen molar-refractivity contribution in [2.75, 3.05) is 26.0 Å². The van der Waals surface area contributed by atoms with Gasteiger partial charge in [0.05, 0.1) is 17.8 Å². The van der Waals surface area contributed by atoms with Gasteiger partial charge in [0.1, 0.15) is 17.9 Å². The van der Waals surface area contributed by atoms with E-state index in [1.54, 1.807) is 13.2 Å². The lowest BCUT2D eigenvalue weighted by Gasteiger charge is -2.08. The van der Waals surface area contributed by atoms with Crippen LogP contribution < -0.4 is 11.1 Å². The third-order valence-corrected chi connectivity index (χ3v) is 2.93. The van der Waals surface area contributed by atoms with Crippen LogP contribution in [0.5, 0.6) is 0 Å². The molecule has 0 saturated carbocycles. The summed E-state index contributed by atoms with van der Waals surface area (Å²) < 4.78 is 6.74. The second kappa shape index (κ2) is 5.71. The summed E-state index contributed by atoms with van der Waals surface area (Å²) in [5.41, 5.74) is 8.11. The first-order chi connectivity index (χ1) is 9.13. The number of aromatic nitrogens is 2. The molecule has 0 atom stereocenters. The number of carbonyl (C=O) groups is 1. The number of nitrogen functional groups attached to an aromatic ring is 1. The van der Waals surface area contributed by atoms with E-state index in [1.807, 2.05) is 23.6 Å². The van der Waals surface area contributed by atoms with Gasteiger partial charge >= 0.3 is 0 Å². The van der Waals surface area contributed by atoms with Gasteiger partial charge in [0.25, 0.3) is 0 Å². The minimum absolute atomic E-state index is 0.0677. The van der Waals surface area contributed by atoms with E-state index in [4.69, 9.17) is 10.5 Å². The molecule has 0 aliphatic heterocycles. The van der Waals surface area contributed by atoms with E-state index >= 15 is 0 Å². The summed E-state index contributed by atoms with van der Waals surface area (Å²) >= 11 is 0. The third kappa shape index (κ3) is 2.85. The molecule has 0 spiro atoms. The van der Waals surface area contributed by atoms with Gasteiger partial charge in [0, 0.05) is 13.7 Å². The SMILES string of the molecule is COCCNC(=O)Cn1c(C)nc2c(N)cccc21. The van der Waals surface area contributed by atoms with Crippen LogP contribution >= 0.6 is 0 Å². The molecule has 0 radical (unpaired) electrons. The average Bonchev–Trinajstić information content (AvgIpc) is 2.69. The largest absolute Gasteiger partial charge is 0.397 e. The Morgan fingerprint density at radius 1 is 1.53 bits per heavy atom. The highest BCUT2D eigenvalue weighted by molar-refractivity contribution is 5.88. The summed E-state index contributed by atoms with van der Waals surface area (Å²) in [6, 6.07) is 5.57. The fourth-order valence-corrected chi connectivity index (χ4v) is 1.98. The van der Waals surface area contributed by atoms with E-state index in [9.17, 15) is 4.79 Å². The minimum atomic E-state index is -0.0677. The summed E-state index contributed by atoms with van der Waals surface area (Å²) in [5.74, 6) is 0.705. The Bertz CT molecular complexity index is 592. The number of methoxy groups -OCH3 is 1. The molecule has 1 amide bonds. The standard InChI is InChI=1S/C13H18N4O2/c1-9-16-13-10(14)4-3-5-11(13)17(9)8-12(18)15-6-7-19-2/h3-5H,6-8,14H2,1-2H3,(H,15,18). The Morgan fingerprint density at radius 2 is 2.32 bits per heavy atom. The number of nitrogens with one attached hydrogen (secondary N) is 1. The summed E-state index contributed by atoms with van der Waals surface area (Å²) in [6.07, 6.45) is 0. The molecule has 3 N–H and O–H groups in total. The van der Waals surface area contributed by atoms with Gasteiger partial charge in [-0.2, -0.15) is 0 Å². The highest BCUT2D eigenvalue weighted by atomic mass is 16.5. The van der Waals surface area contributed by atoms with E-state index in [-0.39, 0.29) is 12.5 Å². The zero-order valence-electron chi connectivity index (χ0n) is 11.1. The van der Waals surface area contributed by atoms with Crippen molar-refractivity contribution in [2.24, 2.45) is 0 Å². The van der Waals surface area contributed by atoms with Crippen LogP contribution in [0.4, 0.5) is 5.69 Å². The maximum absolute atomic E-state index is 11.8. The topological polar surface area (TPSA) is 82.2 Å². The predicted molar refractivity (Wildman–Crippen MR) is 73.8 cm³/mol. The fraction of sp³-hybridized carbons (Fsp3) is 0.385. The summed E-state index contributed by atoms with van der Waals surface area (Å²) in [4.78, 5) is 16.2. The first kappa shape index (κ1) is 13.4. The van der Waals surface area contributed by atoms with Crippen LogP contribution in [0.2, 0.25) is 0 Å². The Labute approximate surface area is 111 Å². The molecule has 6 heteroatoms. The van der Waals surface area contributed by atoms with Crippen LogP contribution in [0.25, 0.3) is 11.0 Å². The predicted octanol–water partition coefficient (Wildman–Crippen LogP) is 0.690. The van der Waals surface area contributed by atoms with Gasteiger partial charge in [-0.15, -0.1) is 0 Å². The number of aryl methyl sites for hydroxylation is 1. The second-order valence-electron chi connectivity index (χ2n) is 4.30. The number of benzene rings is 1. The first-order valence-corrected chi connectivity index (χ1v) is 6.10. The Hall–Kier alpha value is -2.08. The van der Waals surface area contributed by atoms with Crippen LogP contribution in [0, 0.1) is 6.92 Å². The van der Waals surface area contributed by atoms with Crippen molar-refractivity contribution in [3.8, 4) is 0 Å². The summed E-state index contributed by atoms with van der Waals surface area (Å²) in [5, 5.41) is 2.78.